The summed E-state index contributed by atoms with van der Waals surface area (Å²) < 4.78 is 11.0. The van der Waals surface area contributed by atoms with Crippen LogP contribution in [0.25, 0.3) is 0 Å². The van der Waals surface area contributed by atoms with Crippen LogP contribution in [0.5, 0.6) is 0 Å². The van der Waals surface area contributed by atoms with E-state index in [9.17, 15) is 4.57 Å². The molecule has 0 saturated heterocycles. The molecule has 3 N–H and O–H groups in total. The maximum Gasteiger partial charge on any atom is 0.339 e. The third-order valence-electron chi connectivity index (χ3n) is 3.93. The van der Waals surface area contributed by atoms with Gasteiger partial charge in [-0.2, -0.15) is 0 Å². The van der Waals surface area contributed by atoms with Crippen LogP contribution in [0.1, 0.15) is 25.5 Å². The van der Waals surface area contributed by atoms with Gasteiger partial charge in [-0.3, -0.25) is 9.46 Å². The fourth-order valence-electron chi connectivity index (χ4n) is 2.63. The molecule has 0 bridgehead atoms. The average Bonchev–Trinajstić information content (AvgIpc) is 2.53. The highest BCUT2D eigenvalue weighted by molar-refractivity contribution is 7.51. The van der Waals surface area contributed by atoms with Gasteiger partial charge < -0.3 is 20.0 Å². The quantitative estimate of drug-likeness (QED) is 0.440. The highest BCUT2D eigenvalue weighted by Gasteiger charge is 2.19. The molecule has 0 amide bonds. The van der Waals surface area contributed by atoms with Crippen LogP contribution >= 0.6 is 7.60 Å². The first-order chi connectivity index (χ1) is 11.3. The Morgan fingerprint density at radius 1 is 1.25 bits per heavy atom. The number of benzene rings is 1. The van der Waals surface area contributed by atoms with Crippen molar-refractivity contribution in [3.63, 3.8) is 0 Å². The van der Waals surface area contributed by atoms with E-state index in [0.29, 0.717) is 13.1 Å². The fourth-order valence-corrected chi connectivity index (χ4v) is 3.05. The van der Waals surface area contributed by atoms with Gasteiger partial charge in [0.15, 0.2) is 0 Å². The Balaban J connectivity index is 2.89. The molecule has 0 radical (unpaired) electrons. The van der Waals surface area contributed by atoms with Gasteiger partial charge >= 0.3 is 7.60 Å². The van der Waals surface area contributed by atoms with E-state index >= 15 is 0 Å². The van der Waals surface area contributed by atoms with Crippen molar-refractivity contribution in [3.05, 3.63) is 29.8 Å². The van der Waals surface area contributed by atoms with Gasteiger partial charge in [-0.1, -0.05) is 18.1 Å². The van der Waals surface area contributed by atoms with E-state index < -0.39 is 7.60 Å². The van der Waals surface area contributed by atoms with Crippen LogP contribution in [0.15, 0.2) is 24.3 Å². The van der Waals surface area contributed by atoms with E-state index in [1.54, 1.807) is 0 Å². The molecule has 0 aromatic heterocycles. The summed E-state index contributed by atoms with van der Waals surface area (Å²) in [4.78, 5) is 22.2. The first kappa shape index (κ1) is 20.7. The van der Waals surface area contributed by atoms with Gasteiger partial charge in [0.05, 0.1) is 12.8 Å². The summed E-state index contributed by atoms with van der Waals surface area (Å²) in [5.74, 6) is 2.61. The van der Waals surface area contributed by atoms with Crippen molar-refractivity contribution < 1.29 is 14.4 Å². The molecule has 1 rings (SSSR count). The average molecular weight is 353 g/mol. The van der Waals surface area contributed by atoms with Crippen LogP contribution in [0.3, 0.4) is 0 Å². The maximum absolute atomic E-state index is 11.0. The Morgan fingerprint density at radius 2 is 1.83 bits per heavy atom. The van der Waals surface area contributed by atoms with E-state index in [2.05, 4.69) is 42.1 Å². The van der Waals surface area contributed by atoms with Crippen LogP contribution in [-0.4, -0.2) is 54.2 Å². The number of nitrogens with zero attached hydrogens (tertiary/aromatic N) is 2. The molecule has 1 aromatic carbocycles. The van der Waals surface area contributed by atoms with Crippen LogP contribution in [0, 0.1) is 12.3 Å². The summed E-state index contributed by atoms with van der Waals surface area (Å²) in [6.45, 7) is 6.99. The normalized spacial score (nSPS) is 12.9. The smallest absolute Gasteiger partial charge is 0.339 e. The van der Waals surface area contributed by atoms with Gasteiger partial charge in [-0.15, -0.1) is 6.42 Å². The van der Waals surface area contributed by atoms with Gasteiger partial charge in [-0.05, 0) is 38.6 Å². The van der Waals surface area contributed by atoms with Gasteiger partial charge in [0, 0.05) is 31.4 Å². The minimum atomic E-state index is -4.06. The summed E-state index contributed by atoms with van der Waals surface area (Å²) in [7, 11) is -2.16. The van der Waals surface area contributed by atoms with Gasteiger partial charge in [-0.25, -0.2) is 0 Å². The largest absolute Gasteiger partial charge is 0.372 e. The van der Waals surface area contributed by atoms with Gasteiger partial charge in [0.1, 0.15) is 0 Å². The predicted molar refractivity (Wildman–Crippen MR) is 99.1 cm³/mol. The SMILES string of the molecule is C#CCN(C)C(CNCP(=O)(O)O)c1ccc(N(CC)CC)cc1. The number of hydrogen-bond acceptors (Lipinski definition) is 4. The van der Waals surface area contributed by atoms with Crippen molar-refractivity contribution >= 4 is 13.3 Å². The third kappa shape index (κ3) is 6.64. The summed E-state index contributed by atoms with van der Waals surface area (Å²) in [5.41, 5.74) is 2.21. The minimum absolute atomic E-state index is 0.0571. The van der Waals surface area contributed by atoms with Crippen LogP contribution in [0.4, 0.5) is 5.69 Å². The van der Waals surface area contributed by atoms with Crippen molar-refractivity contribution in [3.8, 4) is 12.3 Å². The van der Waals surface area contributed by atoms with Crippen molar-refractivity contribution in [2.45, 2.75) is 19.9 Å². The minimum Gasteiger partial charge on any atom is -0.372 e. The zero-order chi connectivity index (χ0) is 18.2. The molecule has 1 aromatic rings. The molecule has 24 heavy (non-hydrogen) atoms. The summed E-state index contributed by atoms with van der Waals surface area (Å²) in [6, 6.07) is 8.18. The second-order valence-corrected chi connectivity index (χ2v) is 7.32. The molecule has 7 heteroatoms. The first-order valence-corrected chi connectivity index (χ1v) is 9.86. The van der Waals surface area contributed by atoms with Gasteiger partial charge in [0.2, 0.25) is 0 Å². The molecule has 0 saturated carbocycles. The number of rotatable bonds is 10. The molecule has 0 aliphatic heterocycles. The van der Waals surface area contributed by atoms with Crippen LogP contribution in [0.2, 0.25) is 0 Å². The van der Waals surface area contributed by atoms with E-state index in [1.165, 1.54) is 0 Å². The summed E-state index contributed by atoms with van der Waals surface area (Å²) >= 11 is 0. The Morgan fingerprint density at radius 3 is 2.29 bits per heavy atom. The van der Waals surface area contributed by atoms with E-state index in [1.807, 2.05) is 24.1 Å². The first-order valence-electron chi connectivity index (χ1n) is 8.06. The lowest BCUT2D eigenvalue weighted by Gasteiger charge is -2.28. The number of nitrogens with one attached hydrogen (secondary N) is 1. The van der Waals surface area contributed by atoms with Crippen LogP contribution < -0.4 is 10.2 Å². The summed E-state index contributed by atoms with van der Waals surface area (Å²) in [6.07, 6.45) is 5.06. The molecule has 0 aliphatic carbocycles. The molecular formula is C17H28N3O3P. The Labute approximate surface area is 145 Å². The Bertz CT molecular complexity index is 576. The molecule has 1 atom stereocenters. The molecular weight excluding hydrogens is 325 g/mol. The number of anilines is 1. The Hall–Kier alpha value is -1.35. The number of likely N-dealkylation sites (N-methyl/N-ethyl adjacent to an activating group) is 1. The molecule has 134 valence electrons. The molecule has 6 nitrogen and oxygen atoms in total. The van der Waals surface area contributed by atoms with Crippen molar-refractivity contribution in [2.24, 2.45) is 0 Å². The van der Waals surface area contributed by atoms with Crippen LogP contribution in [-0.2, 0) is 4.57 Å². The lowest BCUT2D eigenvalue weighted by Crippen LogP contribution is -2.34. The van der Waals surface area contributed by atoms with E-state index in [0.717, 1.165) is 24.3 Å². The topological polar surface area (TPSA) is 76.0 Å². The highest BCUT2D eigenvalue weighted by Crippen LogP contribution is 2.32. The van der Waals surface area contributed by atoms with Gasteiger partial charge in [0.25, 0.3) is 0 Å². The summed E-state index contributed by atoms with van der Waals surface area (Å²) in [5, 5.41) is 2.84. The standard InChI is InChI=1S/C17H28N3O3P/c1-5-12-19(4)17(13-18-14-24(21,22)23)15-8-10-16(11-9-15)20(6-2)7-3/h1,8-11,17-18H,6-7,12-14H2,2-4H3,(H2,21,22,23). The Kier molecular flexibility index (Phi) is 8.47. The molecule has 0 heterocycles. The van der Waals surface area contributed by atoms with Crippen molar-refractivity contribution in [1.82, 2.24) is 10.2 Å². The molecule has 0 fully saturated rings. The maximum atomic E-state index is 11.0. The number of terminal acetylenes is 1. The molecule has 1 unspecified atom stereocenters. The molecule has 0 aliphatic rings. The third-order valence-corrected chi connectivity index (χ3v) is 4.57. The number of hydrogen-bond donors (Lipinski definition) is 3. The fraction of sp³-hybridized carbons (Fsp3) is 0.529. The zero-order valence-electron chi connectivity index (χ0n) is 14.6. The van der Waals surface area contributed by atoms with Crippen molar-refractivity contribution in [1.29, 1.82) is 0 Å². The van der Waals surface area contributed by atoms with E-state index in [4.69, 9.17) is 16.2 Å². The molecule has 0 spiro atoms. The lowest BCUT2D eigenvalue weighted by atomic mass is 10.0. The highest BCUT2D eigenvalue weighted by atomic mass is 31.2. The monoisotopic (exact) mass is 353 g/mol. The van der Waals surface area contributed by atoms with Crippen molar-refractivity contribution in [2.75, 3.05) is 44.4 Å². The second-order valence-electron chi connectivity index (χ2n) is 5.68. The van der Waals surface area contributed by atoms with E-state index in [-0.39, 0.29) is 12.3 Å². The zero-order valence-corrected chi connectivity index (χ0v) is 15.5. The lowest BCUT2D eigenvalue weighted by molar-refractivity contribution is 0.266. The second kappa shape index (κ2) is 9.83. The predicted octanol–water partition coefficient (Wildman–Crippen LogP) is 1.86.